The van der Waals surface area contributed by atoms with E-state index < -0.39 is 0 Å². The fourth-order valence-corrected chi connectivity index (χ4v) is 3.10. The van der Waals surface area contributed by atoms with Crippen molar-refractivity contribution < 1.29 is 4.79 Å². The molecule has 1 saturated carbocycles. The van der Waals surface area contributed by atoms with Crippen molar-refractivity contribution in [1.82, 2.24) is 5.32 Å². The molecule has 0 radical (unpaired) electrons. The Kier molecular flexibility index (Phi) is 6.32. The monoisotopic (exact) mass is 259 g/mol. The number of nitrogens with one attached hydrogen (secondary N) is 1. The van der Waals surface area contributed by atoms with Crippen molar-refractivity contribution in [2.24, 2.45) is 11.3 Å². The Morgan fingerprint density at radius 1 is 1.24 bits per heavy atom. The van der Waals surface area contributed by atoms with Crippen LogP contribution in [0.25, 0.3) is 0 Å². The fourth-order valence-electron chi connectivity index (χ4n) is 2.74. The summed E-state index contributed by atoms with van der Waals surface area (Å²) >= 11 is 6.12. The van der Waals surface area contributed by atoms with E-state index >= 15 is 0 Å². The van der Waals surface area contributed by atoms with Gasteiger partial charge in [0.2, 0.25) is 5.91 Å². The van der Waals surface area contributed by atoms with Crippen molar-refractivity contribution in [1.29, 1.82) is 0 Å². The average molecular weight is 260 g/mol. The Morgan fingerprint density at radius 2 is 1.82 bits per heavy atom. The molecule has 0 heterocycles. The third-order valence-electron chi connectivity index (χ3n) is 4.19. The summed E-state index contributed by atoms with van der Waals surface area (Å²) in [5.41, 5.74) is 0.168. The predicted molar refractivity (Wildman–Crippen MR) is 73.3 cm³/mol. The molecule has 0 aromatic carbocycles. The highest BCUT2D eigenvalue weighted by Gasteiger charge is 2.32. The predicted octanol–water partition coefficient (Wildman–Crippen LogP) is 3.73. The first kappa shape index (κ1) is 14.8. The molecular formula is C14H26ClNO. The van der Waals surface area contributed by atoms with Gasteiger partial charge in [0, 0.05) is 23.8 Å². The van der Waals surface area contributed by atoms with Crippen molar-refractivity contribution in [2.75, 3.05) is 12.4 Å². The van der Waals surface area contributed by atoms with E-state index in [1.165, 1.54) is 32.1 Å². The Balaban J connectivity index is 2.44. The molecule has 2 nitrogen and oxygen atoms in total. The molecule has 17 heavy (non-hydrogen) atoms. The standard InChI is InChI=1S/C14H26ClNO/c1-3-12(4-2)13(17)16-11-14(10-15)8-6-5-7-9-14/h12H,3-11H2,1-2H3,(H,16,17). The lowest BCUT2D eigenvalue weighted by atomic mass is 9.75. The van der Waals surface area contributed by atoms with E-state index in [9.17, 15) is 4.79 Å². The fraction of sp³-hybridized carbons (Fsp3) is 0.929. The summed E-state index contributed by atoms with van der Waals surface area (Å²) in [6, 6.07) is 0. The van der Waals surface area contributed by atoms with Crippen molar-refractivity contribution in [3.8, 4) is 0 Å². The molecule has 0 atom stereocenters. The molecule has 1 N–H and O–H groups in total. The van der Waals surface area contributed by atoms with Crippen LogP contribution in [0.15, 0.2) is 0 Å². The highest BCUT2D eigenvalue weighted by Crippen LogP contribution is 2.36. The van der Waals surface area contributed by atoms with Gasteiger partial charge in [0.25, 0.3) is 0 Å². The van der Waals surface area contributed by atoms with E-state index in [-0.39, 0.29) is 17.2 Å². The molecule has 1 fully saturated rings. The van der Waals surface area contributed by atoms with Gasteiger partial charge in [-0.2, -0.15) is 0 Å². The first-order chi connectivity index (χ1) is 8.17. The number of carbonyl (C=O) groups is 1. The summed E-state index contributed by atoms with van der Waals surface area (Å²) < 4.78 is 0. The van der Waals surface area contributed by atoms with Crippen molar-refractivity contribution in [3.63, 3.8) is 0 Å². The topological polar surface area (TPSA) is 29.1 Å². The highest BCUT2D eigenvalue weighted by molar-refractivity contribution is 6.18. The van der Waals surface area contributed by atoms with Gasteiger partial charge >= 0.3 is 0 Å². The zero-order chi connectivity index (χ0) is 12.7. The molecule has 0 aliphatic heterocycles. The summed E-state index contributed by atoms with van der Waals surface area (Å²) in [5.74, 6) is 1.06. The van der Waals surface area contributed by atoms with Gasteiger partial charge in [-0.25, -0.2) is 0 Å². The van der Waals surface area contributed by atoms with Gasteiger partial charge in [-0.1, -0.05) is 33.1 Å². The summed E-state index contributed by atoms with van der Waals surface area (Å²) in [6.45, 7) is 4.92. The summed E-state index contributed by atoms with van der Waals surface area (Å²) in [6.07, 6.45) is 8.02. The minimum absolute atomic E-state index is 0.168. The molecular weight excluding hydrogens is 234 g/mol. The van der Waals surface area contributed by atoms with Crippen LogP contribution in [-0.4, -0.2) is 18.3 Å². The number of carbonyl (C=O) groups excluding carboxylic acids is 1. The van der Waals surface area contributed by atoms with Crippen LogP contribution >= 0.6 is 11.6 Å². The molecule has 100 valence electrons. The molecule has 1 rings (SSSR count). The maximum Gasteiger partial charge on any atom is 0.223 e. The second-order valence-electron chi connectivity index (χ2n) is 5.43. The van der Waals surface area contributed by atoms with Crippen LogP contribution in [0, 0.1) is 11.3 Å². The van der Waals surface area contributed by atoms with Gasteiger partial charge in [-0.3, -0.25) is 4.79 Å². The number of hydrogen-bond donors (Lipinski definition) is 1. The quantitative estimate of drug-likeness (QED) is 0.724. The van der Waals surface area contributed by atoms with Crippen LogP contribution in [-0.2, 0) is 4.79 Å². The van der Waals surface area contributed by atoms with Crippen LogP contribution in [0.5, 0.6) is 0 Å². The second kappa shape index (κ2) is 7.25. The molecule has 0 saturated heterocycles. The van der Waals surface area contributed by atoms with E-state index in [0.717, 1.165) is 19.4 Å². The van der Waals surface area contributed by atoms with Crippen molar-refractivity contribution in [2.45, 2.75) is 58.8 Å². The number of halogens is 1. The first-order valence-electron chi connectivity index (χ1n) is 7.01. The van der Waals surface area contributed by atoms with Gasteiger partial charge in [-0.15, -0.1) is 11.6 Å². The van der Waals surface area contributed by atoms with Crippen LogP contribution in [0.4, 0.5) is 0 Å². The number of rotatable bonds is 6. The maximum atomic E-state index is 12.0. The van der Waals surface area contributed by atoms with E-state index in [1.54, 1.807) is 0 Å². The lowest BCUT2D eigenvalue weighted by Gasteiger charge is -2.36. The lowest BCUT2D eigenvalue weighted by molar-refractivity contribution is -0.125. The largest absolute Gasteiger partial charge is 0.355 e. The third kappa shape index (κ3) is 4.17. The SMILES string of the molecule is CCC(CC)C(=O)NCC1(CCl)CCCCC1. The van der Waals surface area contributed by atoms with E-state index in [0.29, 0.717) is 5.88 Å². The number of alkyl halides is 1. The summed E-state index contributed by atoms with van der Waals surface area (Å²) in [7, 11) is 0. The Morgan fingerprint density at radius 3 is 2.29 bits per heavy atom. The molecule has 1 aliphatic carbocycles. The average Bonchev–Trinajstić information content (AvgIpc) is 2.39. The van der Waals surface area contributed by atoms with Crippen LogP contribution in [0.1, 0.15) is 58.8 Å². The highest BCUT2D eigenvalue weighted by atomic mass is 35.5. The zero-order valence-corrected chi connectivity index (χ0v) is 12.0. The van der Waals surface area contributed by atoms with Crippen molar-refractivity contribution in [3.05, 3.63) is 0 Å². The van der Waals surface area contributed by atoms with Crippen molar-refractivity contribution >= 4 is 17.5 Å². The Bertz CT molecular complexity index is 232. The normalized spacial score (nSPS) is 19.3. The van der Waals surface area contributed by atoms with Gasteiger partial charge < -0.3 is 5.32 Å². The van der Waals surface area contributed by atoms with Gasteiger partial charge in [-0.05, 0) is 25.7 Å². The van der Waals surface area contributed by atoms with Gasteiger partial charge in [0.15, 0.2) is 0 Å². The van der Waals surface area contributed by atoms with Crippen LogP contribution in [0.2, 0.25) is 0 Å². The smallest absolute Gasteiger partial charge is 0.223 e. The number of amides is 1. The van der Waals surface area contributed by atoms with E-state index in [2.05, 4.69) is 19.2 Å². The maximum absolute atomic E-state index is 12.0. The molecule has 1 aliphatic rings. The Hall–Kier alpha value is -0.240. The number of hydrogen-bond acceptors (Lipinski definition) is 1. The molecule has 3 heteroatoms. The molecule has 0 spiro atoms. The van der Waals surface area contributed by atoms with E-state index in [4.69, 9.17) is 11.6 Å². The zero-order valence-electron chi connectivity index (χ0n) is 11.2. The molecule has 0 bridgehead atoms. The van der Waals surface area contributed by atoms with Crippen LogP contribution in [0.3, 0.4) is 0 Å². The molecule has 0 aromatic rings. The second-order valence-corrected chi connectivity index (χ2v) is 5.69. The van der Waals surface area contributed by atoms with E-state index in [1.807, 2.05) is 0 Å². The molecule has 1 amide bonds. The summed E-state index contributed by atoms with van der Waals surface area (Å²) in [5, 5.41) is 3.12. The third-order valence-corrected chi connectivity index (χ3v) is 4.76. The van der Waals surface area contributed by atoms with Gasteiger partial charge in [0.05, 0.1) is 0 Å². The summed E-state index contributed by atoms with van der Waals surface area (Å²) in [4.78, 5) is 12.0. The minimum Gasteiger partial charge on any atom is -0.355 e. The lowest BCUT2D eigenvalue weighted by Crippen LogP contribution is -2.42. The first-order valence-corrected chi connectivity index (χ1v) is 7.54. The molecule has 0 unspecified atom stereocenters. The Labute approximate surface area is 110 Å². The van der Waals surface area contributed by atoms with Gasteiger partial charge in [0.1, 0.15) is 0 Å². The minimum atomic E-state index is 0.168. The molecule has 0 aromatic heterocycles. The van der Waals surface area contributed by atoms with Crippen LogP contribution < -0.4 is 5.32 Å².